The molecule has 0 radical (unpaired) electrons. The van der Waals surface area contributed by atoms with Crippen molar-refractivity contribution in [1.82, 2.24) is 25.4 Å². The Bertz CT molecular complexity index is 1330. The van der Waals surface area contributed by atoms with Crippen LogP contribution in [0.2, 0.25) is 0 Å². The number of nitrogens with one attached hydrogen (secondary N) is 2. The fourth-order valence-electron chi connectivity index (χ4n) is 3.87. The van der Waals surface area contributed by atoms with Crippen LogP contribution in [0.15, 0.2) is 54.7 Å². The van der Waals surface area contributed by atoms with E-state index in [4.69, 9.17) is 10.7 Å². The number of pyridine rings is 1. The van der Waals surface area contributed by atoms with Crippen LogP contribution in [0.25, 0.3) is 22.3 Å². The van der Waals surface area contributed by atoms with E-state index in [-0.39, 0.29) is 18.2 Å². The second kappa shape index (κ2) is 10.7. The standard InChI is InChI=1S/C26H28F2N6O/c1-16(2)34-25-20(15-32-34)19(26(35)31-14-21-22(27)7-4-8-23(21)28)12-24(33-25)18-6-3-5-17(11-18)13-30-10-9-29/h3-8,11-12,15-16,30H,9-10,13-14,29H2,1-2H3,(H,31,35). The molecule has 182 valence electrons. The maximum atomic E-state index is 14.1. The number of carbonyl (C=O) groups is 1. The number of hydrogen-bond acceptors (Lipinski definition) is 5. The van der Waals surface area contributed by atoms with Crippen LogP contribution in [0.4, 0.5) is 8.78 Å². The van der Waals surface area contributed by atoms with Crippen molar-refractivity contribution in [1.29, 1.82) is 0 Å². The predicted octanol–water partition coefficient (Wildman–Crippen LogP) is 3.94. The van der Waals surface area contributed by atoms with Gasteiger partial charge in [0.15, 0.2) is 5.65 Å². The normalized spacial score (nSPS) is 11.4. The van der Waals surface area contributed by atoms with Crippen molar-refractivity contribution in [3.8, 4) is 11.3 Å². The van der Waals surface area contributed by atoms with Gasteiger partial charge in [-0.25, -0.2) is 18.4 Å². The van der Waals surface area contributed by atoms with Gasteiger partial charge >= 0.3 is 0 Å². The molecule has 2 aromatic heterocycles. The summed E-state index contributed by atoms with van der Waals surface area (Å²) in [7, 11) is 0. The summed E-state index contributed by atoms with van der Waals surface area (Å²) in [5.41, 5.74) is 8.75. The van der Waals surface area contributed by atoms with Crippen LogP contribution >= 0.6 is 0 Å². The number of rotatable bonds is 9. The highest BCUT2D eigenvalue weighted by molar-refractivity contribution is 6.06. The summed E-state index contributed by atoms with van der Waals surface area (Å²) in [6.07, 6.45) is 1.60. The van der Waals surface area contributed by atoms with Crippen molar-refractivity contribution in [3.63, 3.8) is 0 Å². The van der Waals surface area contributed by atoms with E-state index in [1.54, 1.807) is 16.9 Å². The highest BCUT2D eigenvalue weighted by Gasteiger charge is 2.19. The zero-order valence-electron chi connectivity index (χ0n) is 19.7. The molecule has 0 saturated carbocycles. The molecule has 2 heterocycles. The topological polar surface area (TPSA) is 97.9 Å². The van der Waals surface area contributed by atoms with Crippen LogP contribution < -0.4 is 16.4 Å². The lowest BCUT2D eigenvalue weighted by Crippen LogP contribution is -2.24. The quantitative estimate of drug-likeness (QED) is 0.317. The number of nitrogens with zero attached hydrogens (tertiary/aromatic N) is 3. The van der Waals surface area contributed by atoms with Crippen molar-refractivity contribution < 1.29 is 13.6 Å². The van der Waals surface area contributed by atoms with E-state index in [0.717, 1.165) is 23.3 Å². The summed E-state index contributed by atoms with van der Waals surface area (Å²) in [4.78, 5) is 18.0. The lowest BCUT2D eigenvalue weighted by Gasteiger charge is -2.12. The van der Waals surface area contributed by atoms with E-state index >= 15 is 0 Å². The molecule has 35 heavy (non-hydrogen) atoms. The third kappa shape index (κ3) is 5.36. The molecule has 0 atom stereocenters. The molecule has 0 unspecified atom stereocenters. The maximum absolute atomic E-state index is 14.1. The lowest BCUT2D eigenvalue weighted by atomic mass is 10.0. The van der Waals surface area contributed by atoms with Gasteiger partial charge in [0.25, 0.3) is 5.91 Å². The van der Waals surface area contributed by atoms with E-state index < -0.39 is 17.5 Å². The predicted molar refractivity (Wildman–Crippen MR) is 132 cm³/mol. The van der Waals surface area contributed by atoms with Gasteiger partial charge in [-0.05, 0) is 43.7 Å². The first kappa shape index (κ1) is 24.4. The molecule has 0 spiro atoms. The molecule has 0 fully saturated rings. The molecule has 0 aliphatic rings. The first-order valence-corrected chi connectivity index (χ1v) is 11.5. The second-order valence-corrected chi connectivity index (χ2v) is 8.52. The van der Waals surface area contributed by atoms with Gasteiger partial charge in [-0.2, -0.15) is 5.10 Å². The number of aromatic nitrogens is 3. The average molecular weight is 479 g/mol. The molecule has 7 nitrogen and oxygen atoms in total. The van der Waals surface area contributed by atoms with Gasteiger partial charge in [0.05, 0.1) is 22.8 Å². The Labute approximate surface area is 202 Å². The Kier molecular flexibility index (Phi) is 7.48. The molecule has 4 aromatic rings. The van der Waals surface area contributed by atoms with Crippen molar-refractivity contribution >= 4 is 16.9 Å². The monoisotopic (exact) mass is 478 g/mol. The minimum Gasteiger partial charge on any atom is -0.348 e. The fraction of sp³-hybridized carbons (Fsp3) is 0.269. The number of amides is 1. The number of halogens is 2. The summed E-state index contributed by atoms with van der Waals surface area (Å²) in [6, 6.07) is 13.2. The van der Waals surface area contributed by atoms with Crippen LogP contribution in [0.5, 0.6) is 0 Å². The van der Waals surface area contributed by atoms with Gasteiger partial charge < -0.3 is 16.4 Å². The Hall–Kier alpha value is -3.69. The largest absolute Gasteiger partial charge is 0.348 e. The Morgan fingerprint density at radius 3 is 2.54 bits per heavy atom. The molecule has 9 heteroatoms. The van der Waals surface area contributed by atoms with Gasteiger partial charge in [0.1, 0.15) is 11.6 Å². The van der Waals surface area contributed by atoms with Crippen LogP contribution in [0.1, 0.15) is 41.4 Å². The van der Waals surface area contributed by atoms with Crippen molar-refractivity contribution in [2.75, 3.05) is 13.1 Å². The number of fused-ring (bicyclic) bond motifs is 1. The molecule has 0 aliphatic heterocycles. The first-order valence-electron chi connectivity index (χ1n) is 11.5. The minimum absolute atomic E-state index is 0.0190. The van der Waals surface area contributed by atoms with Gasteiger partial charge in [-0.15, -0.1) is 0 Å². The van der Waals surface area contributed by atoms with Crippen LogP contribution in [0, 0.1) is 11.6 Å². The molecular weight excluding hydrogens is 450 g/mol. The van der Waals surface area contributed by atoms with E-state index in [1.165, 1.54) is 6.07 Å². The van der Waals surface area contributed by atoms with Crippen molar-refractivity contribution in [2.24, 2.45) is 5.73 Å². The number of hydrogen-bond donors (Lipinski definition) is 3. The van der Waals surface area contributed by atoms with Crippen LogP contribution in [0.3, 0.4) is 0 Å². The Balaban J connectivity index is 1.72. The van der Waals surface area contributed by atoms with E-state index in [2.05, 4.69) is 15.7 Å². The molecule has 0 aliphatic carbocycles. The number of carbonyl (C=O) groups excluding carboxylic acids is 1. The van der Waals surface area contributed by atoms with E-state index in [9.17, 15) is 13.6 Å². The highest BCUT2D eigenvalue weighted by atomic mass is 19.1. The first-order chi connectivity index (χ1) is 16.9. The molecule has 2 aromatic carbocycles. The zero-order chi connectivity index (χ0) is 24.9. The van der Waals surface area contributed by atoms with Gasteiger partial charge in [-0.1, -0.05) is 24.3 Å². The number of benzene rings is 2. The minimum atomic E-state index is -0.710. The highest BCUT2D eigenvalue weighted by Crippen LogP contribution is 2.27. The number of nitrogens with two attached hydrogens (primary N) is 1. The molecule has 0 bridgehead atoms. The molecular formula is C26H28F2N6O. The van der Waals surface area contributed by atoms with Crippen LogP contribution in [-0.4, -0.2) is 33.8 Å². The summed E-state index contributed by atoms with van der Waals surface area (Å²) in [5, 5.41) is 10.9. The van der Waals surface area contributed by atoms with Crippen molar-refractivity contribution in [3.05, 3.63) is 83.1 Å². The maximum Gasteiger partial charge on any atom is 0.252 e. The van der Waals surface area contributed by atoms with E-state index in [1.807, 2.05) is 38.1 Å². The summed E-state index contributed by atoms with van der Waals surface area (Å²) in [5.74, 6) is -1.89. The van der Waals surface area contributed by atoms with Crippen LogP contribution in [-0.2, 0) is 13.1 Å². The molecule has 1 amide bonds. The summed E-state index contributed by atoms with van der Waals surface area (Å²) in [6.45, 7) is 5.58. The van der Waals surface area contributed by atoms with Gasteiger partial charge in [0, 0.05) is 43.3 Å². The zero-order valence-corrected chi connectivity index (χ0v) is 19.7. The third-order valence-corrected chi connectivity index (χ3v) is 5.66. The van der Waals surface area contributed by atoms with E-state index in [0.29, 0.717) is 41.9 Å². The SMILES string of the molecule is CC(C)n1ncc2c(C(=O)NCc3c(F)cccc3F)cc(-c3cccc(CNCCN)c3)nc21. The Morgan fingerprint density at radius 2 is 1.83 bits per heavy atom. The van der Waals surface area contributed by atoms with Gasteiger partial charge in [0.2, 0.25) is 0 Å². The summed E-state index contributed by atoms with van der Waals surface area (Å²) < 4.78 is 29.9. The Morgan fingerprint density at radius 1 is 1.09 bits per heavy atom. The second-order valence-electron chi connectivity index (χ2n) is 8.52. The summed E-state index contributed by atoms with van der Waals surface area (Å²) >= 11 is 0. The molecule has 4 N–H and O–H groups in total. The smallest absolute Gasteiger partial charge is 0.252 e. The third-order valence-electron chi connectivity index (χ3n) is 5.66. The fourth-order valence-corrected chi connectivity index (χ4v) is 3.87. The van der Waals surface area contributed by atoms with Crippen molar-refractivity contribution in [2.45, 2.75) is 33.0 Å². The average Bonchev–Trinajstić information content (AvgIpc) is 3.28. The molecule has 4 rings (SSSR count). The molecule has 0 saturated heterocycles. The van der Waals surface area contributed by atoms with Gasteiger partial charge in [-0.3, -0.25) is 4.79 Å². The lowest BCUT2D eigenvalue weighted by molar-refractivity contribution is 0.0952.